The summed E-state index contributed by atoms with van der Waals surface area (Å²) in [6.07, 6.45) is -5.55. The van der Waals surface area contributed by atoms with Crippen LogP contribution in [0.3, 0.4) is 0 Å². The Morgan fingerprint density at radius 1 is 1.40 bits per heavy atom. The second-order valence-corrected chi connectivity index (χ2v) is 7.26. The van der Waals surface area contributed by atoms with E-state index < -0.39 is 56.9 Å². The number of amidine groups is 2. The number of aliphatic hydroxyl groups is 2. The Bertz CT molecular complexity index is 724. The number of hydrogen-bond acceptors (Lipinski definition) is 9. The number of rotatable bonds is 4. The van der Waals surface area contributed by atoms with Gasteiger partial charge in [-0.1, -0.05) is 0 Å². The van der Waals surface area contributed by atoms with Gasteiger partial charge in [0.1, 0.15) is 18.3 Å². The van der Waals surface area contributed by atoms with E-state index in [0.717, 1.165) is 0 Å². The monoisotopic (exact) mass is 441 g/mol. The van der Waals surface area contributed by atoms with Crippen LogP contribution in [-0.4, -0.2) is 84.5 Å². The van der Waals surface area contributed by atoms with Gasteiger partial charge in [0.15, 0.2) is 22.9 Å². The van der Waals surface area contributed by atoms with E-state index >= 15 is 0 Å². The van der Waals surface area contributed by atoms with Gasteiger partial charge in [0.2, 0.25) is 5.96 Å². The average Bonchev–Trinajstić information content (AvgIpc) is 2.95. The molecule has 3 aliphatic rings. The van der Waals surface area contributed by atoms with Gasteiger partial charge in [0.25, 0.3) is 5.91 Å². The zero-order valence-corrected chi connectivity index (χ0v) is 14.7. The van der Waals surface area contributed by atoms with Crippen molar-refractivity contribution >= 4 is 46.2 Å². The quantitative estimate of drug-likeness (QED) is 0.200. The van der Waals surface area contributed by atoms with Gasteiger partial charge >= 0.3 is 7.82 Å². The molecule has 0 aromatic carbocycles. The molecule has 13 nitrogen and oxygen atoms in total. The molecule has 0 aromatic heterocycles. The number of ether oxygens (including phenoxy) is 1. The maximum Gasteiger partial charge on any atom is 0.469 e. The SMILES string of the molecule is N=C1N=C2C(N=C(Br)N2[C@@H]2O[C@H](COP(=O)(O)O)[C@@H](O)[C@H]2O)C(=O)N1. The first-order valence-electron chi connectivity index (χ1n) is 6.80. The Labute approximate surface area is 148 Å². The van der Waals surface area contributed by atoms with Crippen molar-refractivity contribution in [2.45, 2.75) is 30.6 Å². The minimum absolute atomic E-state index is 0.00781. The molecule has 5 atom stereocenters. The minimum Gasteiger partial charge on any atom is -0.387 e. The highest BCUT2D eigenvalue weighted by molar-refractivity contribution is 9.18. The fraction of sp³-hybridized carbons (Fsp3) is 0.600. The lowest BCUT2D eigenvalue weighted by molar-refractivity contribution is -0.119. The first-order chi connectivity index (χ1) is 11.6. The van der Waals surface area contributed by atoms with E-state index in [1.54, 1.807) is 0 Å². The summed E-state index contributed by atoms with van der Waals surface area (Å²) in [5.74, 6) is -1.01. The predicted molar refractivity (Wildman–Crippen MR) is 84.0 cm³/mol. The van der Waals surface area contributed by atoms with Crippen molar-refractivity contribution in [1.29, 1.82) is 5.41 Å². The smallest absolute Gasteiger partial charge is 0.387 e. The van der Waals surface area contributed by atoms with Crippen LogP contribution in [-0.2, 0) is 18.6 Å². The van der Waals surface area contributed by atoms with Gasteiger partial charge in [-0.3, -0.25) is 24.9 Å². The van der Waals surface area contributed by atoms with E-state index in [2.05, 4.69) is 35.8 Å². The topological polar surface area (TPSA) is 197 Å². The Balaban J connectivity index is 1.82. The van der Waals surface area contributed by atoms with Gasteiger partial charge in [-0.25, -0.2) is 9.56 Å². The van der Waals surface area contributed by atoms with E-state index in [-0.39, 0.29) is 10.6 Å². The summed E-state index contributed by atoms with van der Waals surface area (Å²) in [5, 5.41) is 29.9. The summed E-state index contributed by atoms with van der Waals surface area (Å²) >= 11 is 3.11. The van der Waals surface area contributed by atoms with Crippen molar-refractivity contribution in [2.75, 3.05) is 6.61 Å². The second kappa shape index (κ2) is 6.48. The largest absolute Gasteiger partial charge is 0.469 e. The molecule has 0 aliphatic carbocycles. The van der Waals surface area contributed by atoms with Crippen molar-refractivity contribution in [3.8, 4) is 0 Å². The first kappa shape index (κ1) is 18.5. The molecule has 3 aliphatic heterocycles. The number of guanidine groups is 1. The fourth-order valence-corrected chi connectivity index (χ4v) is 3.49. The number of phosphoric acid groups is 1. The molecule has 0 radical (unpaired) electrons. The van der Waals surface area contributed by atoms with Crippen molar-refractivity contribution in [2.24, 2.45) is 9.98 Å². The third-order valence-corrected chi connectivity index (χ3v) is 4.71. The molecule has 1 saturated heterocycles. The molecule has 6 N–H and O–H groups in total. The lowest BCUT2D eigenvalue weighted by Crippen LogP contribution is -2.53. The average molecular weight is 442 g/mol. The van der Waals surface area contributed by atoms with Crippen LogP contribution in [0, 0.1) is 5.41 Å². The lowest BCUT2D eigenvalue weighted by atomic mass is 10.1. The summed E-state index contributed by atoms with van der Waals surface area (Å²) in [6.45, 7) is -0.673. The number of aliphatic hydroxyl groups excluding tert-OH is 2. The predicted octanol–water partition coefficient (Wildman–Crippen LogP) is -2.56. The molecule has 138 valence electrons. The first-order valence-corrected chi connectivity index (χ1v) is 9.13. The number of amides is 1. The van der Waals surface area contributed by atoms with Crippen molar-refractivity contribution in [1.82, 2.24) is 10.2 Å². The Morgan fingerprint density at radius 2 is 2.08 bits per heavy atom. The van der Waals surface area contributed by atoms with Crippen LogP contribution in [0.25, 0.3) is 0 Å². The maximum atomic E-state index is 11.9. The third-order valence-electron chi connectivity index (χ3n) is 3.64. The highest BCUT2D eigenvalue weighted by Gasteiger charge is 2.52. The zero-order chi connectivity index (χ0) is 18.5. The Morgan fingerprint density at radius 3 is 2.72 bits per heavy atom. The van der Waals surface area contributed by atoms with Gasteiger partial charge in [-0.05, 0) is 15.9 Å². The second-order valence-electron chi connectivity index (χ2n) is 5.31. The summed E-state index contributed by atoms with van der Waals surface area (Å²) in [7, 11) is -4.79. The van der Waals surface area contributed by atoms with Crippen molar-refractivity contribution in [3.05, 3.63) is 0 Å². The summed E-state index contributed by atoms with van der Waals surface area (Å²) in [4.78, 5) is 38.4. The zero-order valence-electron chi connectivity index (χ0n) is 12.2. The minimum atomic E-state index is -4.79. The molecular weight excluding hydrogens is 429 g/mol. The van der Waals surface area contributed by atoms with Crippen LogP contribution in [0.15, 0.2) is 9.98 Å². The van der Waals surface area contributed by atoms with Gasteiger partial charge in [0, 0.05) is 0 Å². The molecule has 0 saturated carbocycles. The maximum absolute atomic E-state index is 11.9. The molecule has 0 bridgehead atoms. The molecule has 1 unspecified atom stereocenters. The van der Waals surface area contributed by atoms with Gasteiger partial charge in [-0.2, -0.15) is 4.99 Å². The number of fused-ring (bicyclic) bond motifs is 1. The fourth-order valence-electron chi connectivity index (χ4n) is 2.56. The van der Waals surface area contributed by atoms with Gasteiger partial charge < -0.3 is 24.7 Å². The van der Waals surface area contributed by atoms with Gasteiger partial charge in [-0.15, -0.1) is 0 Å². The number of halogens is 1. The summed E-state index contributed by atoms with van der Waals surface area (Å²) < 4.78 is 20.6. The molecule has 3 rings (SSSR count). The normalized spacial score (nSPS) is 35.4. The van der Waals surface area contributed by atoms with Gasteiger partial charge in [0.05, 0.1) is 6.61 Å². The number of aliphatic imine (C=N–C) groups is 2. The van der Waals surface area contributed by atoms with E-state index in [0.29, 0.717) is 0 Å². The molecule has 3 heterocycles. The number of nitrogens with zero attached hydrogens (tertiary/aromatic N) is 3. The lowest BCUT2D eigenvalue weighted by Gasteiger charge is -2.29. The molecular formula is C10H13BrN5O8P. The molecule has 1 amide bonds. The molecule has 0 aromatic rings. The van der Waals surface area contributed by atoms with Crippen LogP contribution in [0.4, 0.5) is 0 Å². The number of nitrogens with one attached hydrogen (secondary N) is 2. The van der Waals surface area contributed by atoms with Crippen molar-refractivity contribution < 1.29 is 38.6 Å². The van der Waals surface area contributed by atoms with Crippen LogP contribution in [0.1, 0.15) is 0 Å². The van der Waals surface area contributed by atoms with Crippen LogP contribution in [0.2, 0.25) is 0 Å². The van der Waals surface area contributed by atoms with E-state index in [1.807, 2.05) is 0 Å². The third kappa shape index (κ3) is 3.52. The number of phosphoric ester groups is 1. The molecule has 1 fully saturated rings. The molecule has 0 spiro atoms. The molecule has 25 heavy (non-hydrogen) atoms. The highest BCUT2D eigenvalue weighted by atomic mass is 79.9. The Kier molecular flexibility index (Phi) is 4.81. The van der Waals surface area contributed by atoms with E-state index in [4.69, 9.17) is 19.9 Å². The van der Waals surface area contributed by atoms with E-state index in [1.165, 1.54) is 4.90 Å². The number of carbonyl (C=O) groups excluding carboxylic acids is 1. The summed E-state index contributed by atoms with van der Waals surface area (Å²) in [5.41, 5.74) is 0. The number of carbonyl (C=O) groups is 1. The van der Waals surface area contributed by atoms with Crippen molar-refractivity contribution in [3.63, 3.8) is 0 Å². The highest BCUT2D eigenvalue weighted by Crippen LogP contribution is 2.38. The van der Waals surface area contributed by atoms with Crippen LogP contribution < -0.4 is 5.32 Å². The van der Waals surface area contributed by atoms with Crippen LogP contribution >= 0.6 is 23.8 Å². The number of hydrogen-bond donors (Lipinski definition) is 6. The standard InChI is InChI=1S/C10H13BrN5O8P/c11-9-13-3-6(14-10(12)15-7(3)19)16(9)8-5(18)4(17)2(24-8)1-23-25(20,21)22/h2-5,8,17-18H,1H2,(H2,12,15,19)(H2,20,21,22)/t2-,3?,4-,5-,8-/m1/s1. The Hall–Kier alpha value is -1.25. The van der Waals surface area contributed by atoms with E-state index in [9.17, 15) is 19.6 Å². The molecule has 15 heteroatoms. The van der Waals surface area contributed by atoms with Crippen LogP contribution in [0.5, 0.6) is 0 Å². The summed E-state index contributed by atoms with van der Waals surface area (Å²) in [6, 6.07) is -1.05.